The number of nitrogens with zero attached hydrogens (tertiary/aromatic N) is 2. The molecule has 2 heterocycles. The molecule has 1 unspecified atom stereocenters. The Morgan fingerprint density at radius 2 is 1.88 bits per heavy atom. The fourth-order valence-corrected chi connectivity index (χ4v) is 5.34. The molecule has 0 saturated heterocycles. The topological polar surface area (TPSA) is 78.0 Å². The molecule has 0 aliphatic rings. The van der Waals surface area contributed by atoms with Crippen molar-refractivity contribution in [3.8, 4) is 11.1 Å². The third kappa shape index (κ3) is 4.06. The van der Waals surface area contributed by atoms with E-state index >= 15 is 0 Å². The van der Waals surface area contributed by atoms with Crippen LogP contribution in [-0.4, -0.2) is 18.0 Å². The molecule has 0 spiro atoms. The van der Waals surface area contributed by atoms with Gasteiger partial charge in [0.05, 0.1) is 12.4 Å². The lowest BCUT2D eigenvalue weighted by Crippen LogP contribution is -2.11. The van der Waals surface area contributed by atoms with Gasteiger partial charge in [-0.05, 0) is 36.5 Å². The van der Waals surface area contributed by atoms with Gasteiger partial charge in [-0.25, -0.2) is 18.5 Å². The monoisotopic (exact) mass is 389 g/mol. The highest BCUT2D eigenvalue weighted by Crippen LogP contribution is 2.36. The van der Waals surface area contributed by atoms with Crippen LogP contribution in [0.2, 0.25) is 0 Å². The predicted molar refractivity (Wildman–Crippen MR) is 106 cm³/mol. The molecular formula is C19H23N3O2S2. The molecule has 0 aliphatic carbocycles. The Kier molecular flexibility index (Phi) is 5.32. The van der Waals surface area contributed by atoms with E-state index in [0.717, 1.165) is 22.4 Å². The number of hydrogen-bond donors (Lipinski definition) is 1. The number of nitrogens with two attached hydrogens (primary N) is 1. The molecule has 0 aliphatic heterocycles. The summed E-state index contributed by atoms with van der Waals surface area (Å²) in [6.45, 7) is 6.32. The van der Waals surface area contributed by atoms with Gasteiger partial charge in [0.2, 0.25) is 10.0 Å². The third-order valence-electron chi connectivity index (χ3n) is 4.29. The fraction of sp³-hybridized carbons (Fsp3) is 0.316. The van der Waals surface area contributed by atoms with E-state index in [4.69, 9.17) is 5.14 Å². The van der Waals surface area contributed by atoms with Gasteiger partial charge >= 0.3 is 0 Å². The first-order valence-corrected chi connectivity index (χ1v) is 10.8. The minimum absolute atomic E-state index is 0.156. The molecule has 1 aromatic carbocycles. The molecule has 3 rings (SSSR count). The van der Waals surface area contributed by atoms with Crippen molar-refractivity contribution in [3.05, 3.63) is 59.5 Å². The van der Waals surface area contributed by atoms with Crippen molar-refractivity contribution in [1.29, 1.82) is 0 Å². The standard InChI is InChI=1S/C19H23N3O2S2/c1-13(2)10-17-11-18(19(25-17)26(20,23)24)16-6-4-15(5-7-16)14(3)22-9-8-21-12-22/h4-9,11-14H,10H2,1-3H3,(H2,20,23,24). The molecule has 7 heteroatoms. The van der Waals surface area contributed by atoms with Crippen LogP contribution in [0, 0.1) is 5.92 Å². The van der Waals surface area contributed by atoms with E-state index in [1.807, 2.05) is 41.1 Å². The molecule has 0 radical (unpaired) electrons. The smallest absolute Gasteiger partial charge is 0.248 e. The van der Waals surface area contributed by atoms with E-state index in [1.165, 1.54) is 11.3 Å². The minimum Gasteiger partial charge on any atom is -0.330 e. The Labute approximate surface area is 158 Å². The molecule has 0 saturated carbocycles. The molecule has 2 aromatic heterocycles. The first kappa shape index (κ1) is 18.8. The quantitative estimate of drug-likeness (QED) is 0.690. The highest BCUT2D eigenvalue weighted by atomic mass is 32.2. The second-order valence-corrected chi connectivity index (χ2v) is 9.76. The Morgan fingerprint density at radius 1 is 1.19 bits per heavy atom. The Bertz CT molecular complexity index is 972. The number of benzene rings is 1. The summed E-state index contributed by atoms with van der Waals surface area (Å²) in [5.74, 6) is 0.452. The zero-order chi connectivity index (χ0) is 18.9. The minimum atomic E-state index is -3.75. The zero-order valence-electron chi connectivity index (χ0n) is 15.1. The van der Waals surface area contributed by atoms with Crippen LogP contribution in [0.1, 0.15) is 37.3 Å². The Morgan fingerprint density at radius 3 is 2.42 bits per heavy atom. The number of hydrogen-bond acceptors (Lipinski definition) is 4. The van der Waals surface area contributed by atoms with Crippen LogP contribution in [0.15, 0.2) is 53.3 Å². The van der Waals surface area contributed by atoms with Crippen molar-refractivity contribution in [3.63, 3.8) is 0 Å². The molecule has 1 atom stereocenters. The lowest BCUT2D eigenvalue weighted by atomic mass is 10.0. The van der Waals surface area contributed by atoms with Crippen LogP contribution < -0.4 is 5.14 Å². The van der Waals surface area contributed by atoms with Gasteiger partial charge in [-0.1, -0.05) is 38.1 Å². The summed E-state index contributed by atoms with van der Waals surface area (Å²) in [5, 5.41) is 5.45. The maximum atomic E-state index is 12.0. The van der Waals surface area contributed by atoms with Crippen molar-refractivity contribution in [1.82, 2.24) is 9.55 Å². The van der Waals surface area contributed by atoms with Crippen molar-refractivity contribution < 1.29 is 8.42 Å². The number of sulfonamides is 1. The van der Waals surface area contributed by atoms with Gasteiger partial charge in [0.1, 0.15) is 4.21 Å². The van der Waals surface area contributed by atoms with Gasteiger partial charge in [-0.15, -0.1) is 11.3 Å². The van der Waals surface area contributed by atoms with Crippen LogP contribution in [0.5, 0.6) is 0 Å². The first-order chi connectivity index (χ1) is 12.3. The summed E-state index contributed by atoms with van der Waals surface area (Å²) in [6, 6.07) is 10.1. The molecule has 0 fully saturated rings. The van der Waals surface area contributed by atoms with Crippen molar-refractivity contribution >= 4 is 21.4 Å². The van der Waals surface area contributed by atoms with E-state index in [0.29, 0.717) is 11.5 Å². The zero-order valence-corrected chi connectivity index (χ0v) is 16.7. The number of rotatable bonds is 6. The summed E-state index contributed by atoms with van der Waals surface area (Å²) in [6.07, 6.45) is 6.30. The second kappa shape index (κ2) is 7.34. The van der Waals surface area contributed by atoms with Crippen molar-refractivity contribution in [2.75, 3.05) is 0 Å². The SMILES string of the molecule is CC(C)Cc1cc(-c2ccc(C(C)n3ccnc3)cc2)c(S(N)(=O)=O)s1. The van der Waals surface area contributed by atoms with Crippen LogP contribution >= 0.6 is 11.3 Å². The maximum absolute atomic E-state index is 12.0. The Balaban J connectivity index is 1.97. The number of imidazole rings is 1. The molecule has 0 amide bonds. The van der Waals surface area contributed by atoms with E-state index < -0.39 is 10.0 Å². The average molecular weight is 390 g/mol. The normalized spacial score (nSPS) is 13.3. The fourth-order valence-electron chi connectivity index (χ4n) is 2.95. The summed E-state index contributed by atoms with van der Waals surface area (Å²) in [5.41, 5.74) is 2.68. The molecule has 5 nitrogen and oxygen atoms in total. The van der Waals surface area contributed by atoms with E-state index in [1.54, 1.807) is 12.5 Å². The highest BCUT2D eigenvalue weighted by molar-refractivity contribution is 7.91. The van der Waals surface area contributed by atoms with E-state index in [-0.39, 0.29) is 10.3 Å². The first-order valence-electron chi connectivity index (χ1n) is 8.49. The van der Waals surface area contributed by atoms with Crippen molar-refractivity contribution in [2.24, 2.45) is 11.1 Å². The molecule has 2 N–H and O–H groups in total. The largest absolute Gasteiger partial charge is 0.330 e. The second-order valence-electron chi connectivity index (χ2n) is 6.86. The summed E-state index contributed by atoms with van der Waals surface area (Å²) >= 11 is 1.27. The summed E-state index contributed by atoms with van der Waals surface area (Å²) in [4.78, 5) is 5.12. The average Bonchev–Trinajstić information content (AvgIpc) is 3.23. The van der Waals surface area contributed by atoms with Gasteiger partial charge in [-0.2, -0.15) is 0 Å². The van der Waals surface area contributed by atoms with Gasteiger partial charge in [0.15, 0.2) is 0 Å². The summed E-state index contributed by atoms with van der Waals surface area (Å²) < 4.78 is 26.3. The van der Waals surface area contributed by atoms with Gasteiger partial charge in [0.25, 0.3) is 0 Å². The number of primary sulfonamides is 1. The number of thiophene rings is 1. The Hall–Kier alpha value is -1.96. The lowest BCUT2D eigenvalue weighted by molar-refractivity contribution is 0.600. The molecule has 26 heavy (non-hydrogen) atoms. The van der Waals surface area contributed by atoms with Crippen LogP contribution in [0.4, 0.5) is 0 Å². The molecular weight excluding hydrogens is 366 g/mol. The van der Waals surface area contributed by atoms with E-state index in [9.17, 15) is 8.42 Å². The number of aromatic nitrogens is 2. The van der Waals surface area contributed by atoms with Gasteiger partial charge < -0.3 is 4.57 Å². The maximum Gasteiger partial charge on any atom is 0.248 e. The molecule has 138 valence electrons. The highest BCUT2D eigenvalue weighted by Gasteiger charge is 2.20. The van der Waals surface area contributed by atoms with E-state index in [2.05, 4.69) is 25.8 Å². The van der Waals surface area contributed by atoms with Crippen LogP contribution in [-0.2, 0) is 16.4 Å². The van der Waals surface area contributed by atoms with Crippen LogP contribution in [0.3, 0.4) is 0 Å². The van der Waals surface area contributed by atoms with Gasteiger partial charge in [0, 0.05) is 22.8 Å². The summed E-state index contributed by atoms with van der Waals surface area (Å²) in [7, 11) is -3.75. The van der Waals surface area contributed by atoms with Crippen LogP contribution in [0.25, 0.3) is 11.1 Å². The third-order valence-corrected chi connectivity index (χ3v) is 6.93. The van der Waals surface area contributed by atoms with Gasteiger partial charge in [-0.3, -0.25) is 0 Å². The van der Waals surface area contributed by atoms with Crippen molar-refractivity contribution in [2.45, 2.75) is 37.4 Å². The molecule has 3 aromatic rings. The predicted octanol–water partition coefficient (Wildman–Crippen LogP) is 4.07. The molecule has 0 bridgehead atoms. The lowest BCUT2D eigenvalue weighted by Gasteiger charge is -2.14.